The molecular formula is C45H65IO3. The number of halogens is 1. The molecule has 4 heteroatoms. The first kappa shape index (κ1) is 45.9. The highest BCUT2D eigenvalue weighted by Gasteiger charge is 2.25. The van der Waals surface area contributed by atoms with E-state index in [1.807, 2.05) is 12.2 Å². The molecule has 0 aliphatic carbocycles. The van der Waals surface area contributed by atoms with Gasteiger partial charge in [-0.15, -0.1) is 0 Å². The molecule has 3 nitrogen and oxygen atoms in total. The molecule has 2 unspecified atom stereocenters. The number of unbranched alkanes of at least 4 members (excludes halogenated alkanes) is 1. The summed E-state index contributed by atoms with van der Waals surface area (Å²) >= 11 is 2.50. The van der Waals surface area contributed by atoms with E-state index in [0.29, 0.717) is 16.4 Å². The molecule has 0 saturated carbocycles. The van der Waals surface area contributed by atoms with Crippen molar-refractivity contribution in [1.82, 2.24) is 0 Å². The van der Waals surface area contributed by atoms with Gasteiger partial charge in [0.25, 0.3) is 0 Å². The lowest BCUT2D eigenvalue weighted by Crippen LogP contribution is -2.17. The molecule has 1 rings (SSSR count). The Labute approximate surface area is 314 Å². The van der Waals surface area contributed by atoms with Crippen molar-refractivity contribution in [3.8, 4) is 0 Å². The number of hydrogen-bond acceptors (Lipinski definition) is 2. The van der Waals surface area contributed by atoms with Gasteiger partial charge in [0.05, 0.1) is 9.68 Å². The number of carboxylic acids is 1. The first-order valence-electron chi connectivity index (χ1n) is 18.4. The average molecular weight is 781 g/mol. The normalized spacial score (nSPS) is 16.6. The van der Waals surface area contributed by atoms with E-state index in [1.54, 1.807) is 0 Å². The van der Waals surface area contributed by atoms with Crippen LogP contribution in [0, 0.1) is 0 Å². The monoisotopic (exact) mass is 780 g/mol. The molecule has 2 atom stereocenters. The van der Waals surface area contributed by atoms with Crippen LogP contribution in [0.15, 0.2) is 146 Å². The molecule has 0 aromatic carbocycles. The number of alkyl halides is 1. The van der Waals surface area contributed by atoms with Crippen LogP contribution < -0.4 is 0 Å². The third-order valence-electron chi connectivity index (χ3n) is 7.08. The summed E-state index contributed by atoms with van der Waals surface area (Å²) in [5.74, 6) is 0.212. The van der Waals surface area contributed by atoms with Crippen LogP contribution in [0.25, 0.3) is 0 Å². The zero-order valence-electron chi connectivity index (χ0n) is 30.5. The first-order valence-corrected chi connectivity index (χ1v) is 19.6. The van der Waals surface area contributed by atoms with Gasteiger partial charge >= 0.3 is 5.97 Å². The predicted octanol–water partition coefficient (Wildman–Crippen LogP) is 14.2. The highest BCUT2D eigenvalue weighted by molar-refractivity contribution is 14.1. The molecule has 1 heterocycles. The Morgan fingerprint density at radius 1 is 0.653 bits per heavy atom. The third kappa shape index (κ3) is 36.0. The van der Waals surface area contributed by atoms with E-state index in [4.69, 9.17) is 9.84 Å². The maximum Gasteiger partial charge on any atom is 0.303 e. The lowest BCUT2D eigenvalue weighted by molar-refractivity contribution is -0.136. The highest BCUT2D eigenvalue weighted by Crippen LogP contribution is 2.29. The molecule has 0 bridgehead atoms. The fraction of sp³-hybridized carbons (Fsp3) is 0.444. The van der Waals surface area contributed by atoms with E-state index >= 15 is 0 Å². The van der Waals surface area contributed by atoms with Crippen molar-refractivity contribution in [2.75, 3.05) is 0 Å². The van der Waals surface area contributed by atoms with Crippen LogP contribution in [0.5, 0.6) is 0 Å². The summed E-state index contributed by atoms with van der Waals surface area (Å²) in [6.45, 7) is 8.21. The Balaban J connectivity index is 0.000000942. The minimum absolute atomic E-state index is 0.210. The molecule has 0 aromatic rings. The number of carbonyl (C=O) groups is 1. The molecular weight excluding hydrogens is 715 g/mol. The fourth-order valence-corrected chi connectivity index (χ4v) is 5.17. The molecule has 1 aliphatic heterocycles. The lowest BCUT2D eigenvalue weighted by atomic mass is 10.1. The maximum absolute atomic E-state index is 10.3. The summed E-state index contributed by atoms with van der Waals surface area (Å²) < 4.78 is 6.28. The van der Waals surface area contributed by atoms with E-state index in [9.17, 15) is 4.79 Å². The summed E-state index contributed by atoms with van der Waals surface area (Å²) in [5, 5.41) is 8.49. The molecule has 0 aromatic heterocycles. The minimum atomic E-state index is -0.742. The largest absolute Gasteiger partial charge is 0.494 e. The van der Waals surface area contributed by atoms with Crippen molar-refractivity contribution in [1.29, 1.82) is 0 Å². The van der Waals surface area contributed by atoms with Crippen molar-refractivity contribution in [3.63, 3.8) is 0 Å². The van der Waals surface area contributed by atoms with Crippen LogP contribution in [0.3, 0.4) is 0 Å². The molecule has 1 fully saturated rings. The number of aliphatic carboxylic acids is 1. The summed E-state index contributed by atoms with van der Waals surface area (Å²) in [6, 6.07) is 0. The van der Waals surface area contributed by atoms with Crippen LogP contribution in [0.2, 0.25) is 0 Å². The number of allylic oxidation sites excluding steroid dienone is 23. The van der Waals surface area contributed by atoms with Gasteiger partial charge in [-0.05, 0) is 89.9 Å². The van der Waals surface area contributed by atoms with Crippen LogP contribution in [-0.2, 0) is 9.53 Å². The van der Waals surface area contributed by atoms with Crippen LogP contribution >= 0.6 is 22.6 Å². The Bertz CT molecular complexity index is 1140. The van der Waals surface area contributed by atoms with Gasteiger partial charge in [0.2, 0.25) is 0 Å². The van der Waals surface area contributed by atoms with Crippen LogP contribution in [-0.4, -0.2) is 21.1 Å². The van der Waals surface area contributed by atoms with E-state index in [1.165, 1.54) is 0 Å². The van der Waals surface area contributed by atoms with Crippen LogP contribution in [0.4, 0.5) is 0 Å². The highest BCUT2D eigenvalue weighted by atomic mass is 127. The minimum Gasteiger partial charge on any atom is -0.494 e. The van der Waals surface area contributed by atoms with Crippen molar-refractivity contribution >= 4 is 28.6 Å². The molecule has 49 heavy (non-hydrogen) atoms. The fourth-order valence-electron chi connectivity index (χ4n) is 4.37. The van der Waals surface area contributed by atoms with Gasteiger partial charge in [-0.1, -0.05) is 177 Å². The maximum atomic E-state index is 10.3. The van der Waals surface area contributed by atoms with Crippen molar-refractivity contribution in [2.45, 2.75) is 127 Å². The smallest absolute Gasteiger partial charge is 0.303 e. The second-order valence-electron chi connectivity index (χ2n) is 11.6. The van der Waals surface area contributed by atoms with E-state index < -0.39 is 5.97 Å². The van der Waals surface area contributed by atoms with Gasteiger partial charge < -0.3 is 9.84 Å². The van der Waals surface area contributed by atoms with Gasteiger partial charge in [-0.25, -0.2) is 0 Å². The third-order valence-corrected chi connectivity index (χ3v) is 8.39. The van der Waals surface area contributed by atoms with Gasteiger partial charge in [0, 0.05) is 12.8 Å². The quantitative estimate of drug-likeness (QED) is 0.0313. The molecule has 0 radical (unpaired) electrons. The molecule has 0 spiro atoms. The van der Waals surface area contributed by atoms with Crippen LogP contribution in [0.1, 0.15) is 117 Å². The molecule has 1 N–H and O–H groups in total. The number of carboxylic acid groups (broad SMARTS) is 1. The topological polar surface area (TPSA) is 46.5 Å². The van der Waals surface area contributed by atoms with Gasteiger partial charge in [-0.2, -0.15) is 0 Å². The Kier molecular flexibility index (Phi) is 35.3. The molecule has 1 saturated heterocycles. The average Bonchev–Trinajstić information content (AvgIpc) is 3.54. The molecule has 1 aliphatic rings. The predicted molar refractivity (Wildman–Crippen MR) is 225 cm³/mol. The van der Waals surface area contributed by atoms with E-state index in [2.05, 4.69) is 165 Å². The zero-order chi connectivity index (χ0) is 35.9. The van der Waals surface area contributed by atoms with Gasteiger partial charge in [0.15, 0.2) is 0 Å². The van der Waals surface area contributed by atoms with E-state index in [0.717, 1.165) is 95.7 Å². The molecule has 0 amide bonds. The Morgan fingerprint density at radius 3 is 1.55 bits per heavy atom. The Hall–Kier alpha value is -3.12. The number of ether oxygens (including phenoxy) is 1. The Morgan fingerprint density at radius 2 is 1.06 bits per heavy atom. The second-order valence-corrected chi connectivity index (χ2v) is 13.2. The van der Waals surface area contributed by atoms with Crippen molar-refractivity contribution in [3.05, 3.63) is 146 Å². The van der Waals surface area contributed by atoms with Gasteiger partial charge in [0.1, 0.15) is 6.10 Å². The lowest BCUT2D eigenvalue weighted by Gasteiger charge is -2.15. The first-order chi connectivity index (χ1) is 24.0. The summed E-state index contributed by atoms with van der Waals surface area (Å²) in [5.41, 5.74) is 0. The second kappa shape index (κ2) is 37.7. The van der Waals surface area contributed by atoms with Crippen molar-refractivity contribution in [2.24, 2.45) is 0 Å². The standard InChI is InChI=1S/C23H33IO.C22H32O2/c1-3-4-5-6-7-8-9-10-11-12-13-14-15-16-17-18-22(24)23-20-19-21(2)25-23;1-2-3-4-5-6-7-8-9-10-11-12-13-14-15-16-17-18-19-20-21-22(23)24/h4-5,7-8,10-11,13-14,16-17,22-23H,2-3,6,9,12,15,18-20H2,1H3;3-4,7-10,12-13,15-16,18-19H,2,5-6,11,14,17,20-21H2,1H3,(H,23,24)/b5-4-,8-7-,11-10-,14-13-,17-16-;4-3-,8-7+,10-9-,13-12-,16-15-,19-18-. The van der Waals surface area contributed by atoms with E-state index in [-0.39, 0.29) is 6.42 Å². The number of hydrogen-bond donors (Lipinski definition) is 1. The zero-order valence-corrected chi connectivity index (χ0v) is 32.7. The SMILES string of the molecule is C=C1CCC(C(I)C/C=C\C/C=C\C/C=C\C/C=C\C/C=C\CC)O1.CC/C=C\CC/C=C/C=C\C/C=C\C/C=C\C/C=C\CCC(=O)O. The summed E-state index contributed by atoms with van der Waals surface area (Å²) in [7, 11) is 0. The summed E-state index contributed by atoms with van der Waals surface area (Å²) in [6.07, 6.45) is 63.6. The van der Waals surface area contributed by atoms with Crippen molar-refractivity contribution < 1.29 is 14.6 Å². The number of rotatable bonds is 26. The van der Waals surface area contributed by atoms with Gasteiger partial charge in [-0.3, -0.25) is 4.79 Å². The summed E-state index contributed by atoms with van der Waals surface area (Å²) in [4.78, 5) is 10.3. The molecule has 270 valence electrons.